The van der Waals surface area contributed by atoms with Crippen molar-refractivity contribution in [2.75, 3.05) is 18.0 Å². The minimum absolute atomic E-state index is 0.336. The van der Waals surface area contributed by atoms with Crippen LogP contribution < -0.4 is 10.2 Å². The highest BCUT2D eigenvalue weighted by Crippen LogP contribution is 2.39. The molecule has 1 aromatic rings. The normalized spacial score (nSPS) is 15.6. The van der Waals surface area contributed by atoms with Crippen molar-refractivity contribution in [3.05, 3.63) is 27.7 Å². The van der Waals surface area contributed by atoms with E-state index in [2.05, 4.69) is 19.2 Å². The van der Waals surface area contributed by atoms with Crippen LogP contribution in [0.4, 0.5) is 5.69 Å². The van der Waals surface area contributed by atoms with Gasteiger partial charge >= 0.3 is 0 Å². The van der Waals surface area contributed by atoms with Crippen LogP contribution in [0.5, 0.6) is 0 Å². The average molecular weight is 272 g/mol. The highest BCUT2D eigenvalue weighted by molar-refractivity contribution is 6.40. The summed E-state index contributed by atoms with van der Waals surface area (Å²) in [6.45, 7) is 5.65. The molecule has 1 aliphatic heterocycles. The molecule has 0 atom stereocenters. The summed E-state index contributed by atoms with van der Waals surface area (Å²) in [4.78, 5) is 1.82. The average Bonchev–Trinajstić information content (AvgIpc) is 2.64. The smallest absolute Gasteiger partial charge is 0.195 e. The SMILES string of the molecule is CC(C)c1ccc(Cl)c(N2CCNC2=N)c1Cl. The lowest BCUT2D eigenvalue weighted by Gasteiger charge is -2.22. The van der Waals surface area contributed by atoms with E-state index in [-0.39, 0.29) is 0 Å². The van der Waals surface area contributed by atoms with Crippen LogP contribution in [0.3, 0.4) is 0 Å². The summed E-state index contributed by atoms with van der Waals surface area (Å²) in [6, 6.07) is 3.80. The molecule has 5 heteroatoms. The highest BCUT2D eigenvalue weighted by atomic mass is 35.5. The molecule has 3 nitrogen and oxygen atoms in total. The Morgan fingerprint density at radius 1 is 1.35 bits per heavy atom. The molecule has 0 spiro atoms. The van der Waals surface area contributed by atoms with Gasteiger partial charge in [0.25, 0.3) is 0 Å². The Labute approximate surface area is 111 Å². The fourth-order valence-electron chi connectivity index (χ4n) is 1.97. The van der Waals surface area contributed by atoms with Crippen LogP contribution in [0.1, 0.15) is 25.3 Å². The lowest BCUT2D eigenvalue weighted by atomic mass is 10.0. The molecule has 0 aromatic heterocycles. The van der Waals surface area contributed by atoms with Crippen molar-refractivity contribution in [2.45, 2.75) is 19.8 Å². The van der Waals surface area contributed by atoms with Gasteiger partial charge in [0.1, 0.15) is 0 Å². The number of rotatable bonds is 2. The van der Waals surface area contributed by atoms with Crippen molar-refractivity contribution in [1.82, 2.24) is 5.32 Å². The monoisotopic (exact) mass is 271 g/mol. The summed E-state index contributed by atoms with van der Waals surface area (Å²) in [5.41, 5.74) is 1.81. The summed E-state index contributed by atoms with van der Waals surface area (Å²) in [5, 5.41) is 12.0. The Bertz CT molecular complexity index is 457. The van der Waals surface area contributed by atoms with Gasteiger partial charge in [-0.1, -0.05) is 43.1 Å². The largest absolute Gasteiger partial charge is 0.354 e. The van der Waals surface area contributed by atoms with Crippen LogP contribution >= 0.6 is 23.2 Å². The fourth-order valence-corrected chi connectivity index (χ4v) is 2.76. The van der Waals surface area contributed by atoms with Gasteiger partial charge in [-0.3, -0.25) is 5.41 Å². The summed E-state index contributed by atoms with van der Waals surface area (Å²) < 4.78 is 0. The lowest BCUT2D eigenvalue weighted by molar-refractivity contribution is 0.865. The van der Waals surface area contributed by atoms with Crippen LogP contribution in [0.15, 0.2) is 12.1 Å². The van der Waals surface area contributed by atoms with E-state index in [9.17, 15) is 0 Å². The van der Waals surface area contributed by atoms with Gasteiger partial charge in [0.15, 0.2) is 5.96 Å². The summed E-state index contributed by atoms with van der Waals surface area (Å²) >= 11 is 12.6. The van der Waals surface area contributed by atoms with Gasteiger partial charge in [-0.15, -0.1) is 0 Å². The third kappa shape index (κ3) is 2.22. The number of guanidine groups is 1. The first-order valence-corrected chi connectivity index (χ1v) is 6.35. The molecule has 0 unspecified atom stereocenters. The Kier molecular flexibility index (Phi) is 3.50. The van der Waals surface area contributed by atoms with E-state index < -0.39 is 0 Å². The zero-order valence-corrected chi connectivity index (χ0v) is 11.4. The molecule has 0 bridgehead atoms. The predicted octanol–water partition coefficient (Wildman–Crippen LogP) is 3.46. The third-order valence-electron chi connectivity index (χ3n) is 2.89. The maximum Gasteiger partial charge on any atom is 0.195 e. The zero-order chi connectivity index (χ0) is 12.6. The number of hydrogen-bond acceptors (Lipinski definition) is 1. The first-order chi connectivity index (χ1) is 8.02. The standard InChI is InChI=1S/C12H15Cl2N3/c1-7(2)8-3-4-9(13)11(10(8)14)17-6-5-16-12(17)15/h3-4,7H,5-6H2,1-2H3,(H2,15,16). The van der Waals surface area contributed by atoms with Crippen LogP contribution in [0.25, 0.3) is 0 Å². The lowest BCUT2D eigenvalue weighted by Crippen LogP contribution is -2.29. The number of nitrogens with zero attached hydrogens (tertiary/aromatic N) is 1. The topological polar surface area (TPSA) is 39.1 Å². The maximum atomic E-state index is 7.81. The predicted molar refractivity (Wildman–Crippen MR) is 73.6 cm³/mol. The molecule has 1 aliphatic rings. The Hall–Kier alpha value is -0.930. The number of nitrogens with one attached hydrogen (secondary N) is 2. The molecule has 0 aliphatic carbocycles. The van der Waals surface area contributed by atoms with Crippen LogP contribution in [-0.4, -0.2) is 19.0 Å². The van der Waals surface area contributed by atoms with Crippen molar-refractivity contribution < 1.29 is 0 Å². The molecule has 1 aromatic carbocycles. The molecule has 92 valence electrons. The van der Waals surface area contributed by atoms with E-state index in [0.29, 0.717) is 21.9 Å². The minimum atomic E-state index is 0.336. The second kappa shape index (κ2) is 4.75. The number of hydrogen-bond donors (Lipinski definition) is 2. The molecule has 17 heavy (non-hydrogen) atoms. The van der Waals surface area contributed by atoms with Crippen molar-refractivity contribution in [1.29, 1.82) is 5.41 Å². The van der Waals surface area contributed by atoms with E-state index in [1.807, 2.05) is 17.0 Å². The number of benzene rings is 1. The van der Waals surface area contributed by atoms with Crippen LogP contribution in [0, 0.1) is 5.41 Å². The second-order valence-corrected chi connectivity index (χ2v) is 5.17. The van der Waals surface area contributed by atoms with Gasteiger partial charge < -0.3 is 10.2 Å². The van der Waals surface area contributed by atoms with Crippen LogP contribution in [-0.2, 0) is 0 Å². The number of anilines is 1. The van der Waals surface area contributed by atoms with Gasteiger partial charge in [-0.05, 0) is 17.5 Å². The van der Waals surface area contributed by atoms with Crippen molar-refractivity contribution in [3.63, 3.8) is 0 Å². The van der Waals surface area contributed by atoms with Gasteiger partial charge in [-0.25, -0.2) is 0 Å². The molecule has 2 N–H and O–H groups in total. The molecule has 1 heterocycles. The molecular weight excluding hydrogens is 257 g/mol. The van der Waals surface area contributed by atoms with Crippen LogP contribution in [0.2, 0.25) is 10.0 Å². The Balaban J connectivity index is 2.52. The Morgan fingerprint density at radius 3 is 2.59 bits per heavy atom. The molecular formula is C12H15Cl2N3. The highest BCUT2D eigenvalue weighted by Gasteiger charge is 2.24. The van der Waals surface area contributed by atoms with Gasteiger partial charge in [0.05, 0.1) is 15.7 Å². The molecule has 1 saturated heterocycles. The van der Waals surface area contributed by atoms with Gasteiger partial charge in [-0.2, -0.15) is 0 Å². The fraction of sp³-hybridized carbons (Fsp3) is 0.417. The molecule has 0 radical (unpaired) electrons. The van der Waals surface area contributed by atoms with Crippen molar-refractivity contribution >= 4 is 34.8 Å². The molecule has 0 amide bonds. The maximum absolute atomic E-state index is 7.81. The molecule has 1 fully saturated rings. The van der Waals surface area contributed by atoms with E-state index in [1.165, 1.54) is 0 Å². The minimum Gasteiger partial charge on any atom is -0.354 e. The zero-order valence-electron chi connectivity index (χ0n) is 9.85. The second-order valence-electron chi connectivity index (χ2n) is 4.38. The van der Waals surface area contributed by atoms with E-state index in [0.717, 1.165) is 24.3 Å². The summed E-state index contributed by atoms with van der Waals surface area (Å²) in [7, 11) is 0. The van der Waals surface area contributed by atoms with E-state index in [4.69, 9.17) is 28.6 Å². The van der Waals surface area contributed by atoms with E-state index >= 15 is 0 Å². The first kappa shape index (κ1) is 12.5. The summed E-state index contributed by atoms with van der Waals surface area (Å²) in [5.74, 6) is 0.693. The van der Waals surface area contributed by atoms with Gasteiger partial charge in [0.2, 0.25) is 0 Å². The quantitative estimate of drug-likeness (QED) is 0.865. The first-order valence-electron chi connectivity index (χ1n) is 5.60. The number of halogens is 2. The van der Waals surface area contributed by atoms with E-state index in [1.54, 1.807) is 0 Å². The van der Waals surface area contributed by atoms with Crippen molar-refractivity contribution in [3.8, 4) is 0 Å². The molecule has 0 saturated carbocycles. The summed E-state index contributed by atoms with van der Waals surface area (Å²) in [6.07, 6.45) is 0. The third-order valence-corrected chi connectivity index (χ3v) is 3.59. The molecule has 2 rings (SSSR count). The van der Waals surface area contributed by atoms with Gasteiger partial charge in [0, 0.05) is 13.1 Å². The van der Waals surface area contributed by atoms with Crippen molar-refractivity contribution in [2.24, 2.45) is 0 Å². The Morgan fingerprint density at radius 2 is 2.06 bits per heavy atom.